The lowest BCUT2D eigenvalue weighted by Crippen LogP contribution is -2.43. The smallest absolute Gasteiger partial charge is 0.335 e. The Hall–Kier alpha value is -2.38. The molecule has 0 saturated heterocycles. The Bertz CT molecular complexity index is 782. The maximum Gasteiger partial charge on any atom is 0.471 e. The van der Waals surface area contributed by atoms with Crippen LogP contribution in [0.2, 0.25) is 0 Å². The number of halogens is 3. The molecule has 1 unspecified atom stereocenters. The molecule has 1 fully saturated rings. The molecule has 0 aliphatic heterocycles. The second-order valence-electron chi connectivity index (χ2n) is 6.97. The molecule has 0 spiro atoms. The summed E-state index contributed by atoms with van der Waals surface area (Å²) in [6.45, 7) is 4.55. The van der Waals surface area contributed by atoms with Crippen LogP contribution >= 0.6 is 0 Å². The minimum Gasteiger partial charge on any atom is -0.335 e. The van der Waals surface area contributed by atoms with E-state index in [1.54, 1.807) is 24.3 Å². The van der Waals surface area contributed by atoms with Crippen molar-refractivity contribution in [3.63, 3.8) is 0 Å². The molecular formula is C19H22F3N3O2. The van der Waals surface area contributed by atoms with Crippen molar-refractivity contribution >= 4 is 5.91 Å². The Morgan fingerprint density at radius 1 is 1.30 bits per heavy atom. The lowest BCUT2D eigenvalue weighted by molar-refractivity contribution is -0.159. The summed E-state index contributed by atoms with van der Waals surface area (Å²) in [4.78, 5) is 18.0. The molecule has 1 saturated carbocycles. The fraction of sp³-hybridized carbons (Fsp3) is 0.526. The standard InChI is InChI=1S/C19H22F3N3O2/c1-3-12(2)25(17(26)15-5-4-6-15)11-13-7-9-14(10-8-13)16-23-18(27-24-16)19(20,21)22/h7-10,12,15H,3-6,11H2,1-2H3. The molecule has 8 heteroatoms. The largest absolute Gasteiger partial charge is 0.471 e. The van der Waals surface area contributed by atoms with Crippen molar-refractivity contribution in [1.29, 1.82) is 0 Å². The maximum atomic E-state index is 12.7. The zero-order valence-electron chi connectivity index (χ0n) is 15.3. The van der Waals surface area contributed by atoms with E-state index in [4.69, 9.17) is 0 Å². The molecule has 1 heterocycles. The van der Waals surface area contributed by atoms with Gasteiger partial charge in [-0.15, -0.1) is 0 Å². The molecule has 0 bridgehead atoms. The highest BCUT2D eigenvalue weighted by Gasteiger charge is 2.38. The Morgan fingerprint density at radius 2 is 1.96 bits per heavy atom. The van der Waals surface area contributed by atoms with Crippen molar-refractivity contribution in [3.05, 3.63) is 35.7 Å². The summed E-state index contributed by atoms with van der Waals surface area (Å²) in [5.41, 5.74) is 1.34. The van der Waals surface area contributed by atoms with Gasteiger partial charge >= 0.3 is 12.1 Å². The first-order valence-corrected chi connectivity index (χ1v) is 9.10. The van der Waals surface area contributed by atoms with Crippen LogP contribution in [0, 0.1) is 5.92 Å². The number of hydrogen-bond donors (Lipinski definition) is 0. The fourth-order valence-electron chi connectivity index (χ4n) is 2.97. The van der Waals surface area contributed by atoms with Gasteiger partial charge in [0.1, 0.15) is 0 Å². The Labute approximate surface area is 155 Å². The number of nitrogens with zero attached hydrogens (tertiary/aromatic N) is 3. The Kier molecular flexibility index (Phi) is 5.53. The molecule has 3 rings (SSSR count). The third kappa shape index (κ3) is 4.31. The number of aromatic nitrogens is 2. The van der Waals surface area contributed by atoms with Crippen LogP contribution in [0.5, 0.6) is 0 Å². The Balaban J connectivity index is 1.73. The summed E-state index contributed by atoms with van der Waals surface area (Å²) in [5, 5.41) is 3.38. The van der Waals surface area contributed by atoms with E-state index in [1.165, 1.54) is 0 Å². The third-order valence-electron chi connectivity index (χ3n) is 5.09. The zero-order valence-corrected chi connectivity index (χ0v) is 15.3. The summed E-state index contributed by atoms with van der Waals surface area (Å²) in [6, 6.07) is 6.97. The monoisotopic (exact) mass is 381 g/mol. The molecule has 2 aromatic rings. The minimum absolute atomic E-state index is 0.113. The second kappa shape index (κ2) is 7.70. The minimum atomic E-state index is -4.66. The van der Waals surface area contributed by atoms with Gasteiger partial charge in [-0.3, -0.25) is 4.79 Å². The van der Waals surface area contributed by atoms with Gasteiger partial charge in [0.15, 0.2) is 0 Å². The topological polar surface area (TPSA) is 59.2 Å². The average molecular weight is 381 g/mol. The summed E-state index contributed by atoms with van der Waals surface area (Å²) >= 11 is 0. The number of rotatable bonds is 6. The first-order chi connectivity index (χ1) is 12.8. The van der Waals surface area contributed by atoms with E-state index in [0.717, 1.165) is 31.2 Å². The SMILES string of the molecule is CCC(C)N(Cc1ccc(-c2noc(C(F)(F)F)n2)cc1)C(=O)C1CCC1. The van der Waals surface area contributed by atoms with E-state index in [-0.39, 0.29) is 23.7 Å². The van der Waals surface area contributed by atoms with Crippen LogP contribution in [0.15, 0.2) is 28.8 Å². The number of carbonyl (C=O) groups excluding carboxylic acids is 1. The van der Waals surface area contributed by atoms with Gasteiger partial charge in [0.2, 0.25) is 11.7 Å². The number of carbonyl (C=O) groups is 1. The van der Waals surface area contributed by atoms with Crippen molar-refractivity contribution in [3.8, 4) is 11.4 Å². The van der Waals surface area contributed by atoms with Crippen molar-refractivity contribution in [2.24, 2.45) is 5.92 Å². The van der Waals surface area contributed by atoms with Crippen LogP contribution in [-0.2, 0) is 17.5 Å². The van der Waals surface area contributed by atoms with Gasteiger partial charge in [-0.25, -0.2) is 0 Å². The van der Waals surface area contributed by atoms with Crippen molar-refractivity contribution in [2.45, 2.75) is 58.3 Å². The van der Waals surface area contributed by atoms with Gasteiger partial charge in [-0.05, 0) is 31.7 Å². The summed E-state index contributed by atoms with van der Waals surface area (Å²) in [6.07, 6.45) is -0.804. The normalized spacial score (nSPS) is 16.0. The quantitative estimate of drug-likeness (QED) is 0.729. The van der Waals surface area contributed by atoms with Crippen LogP contribution in [0.4, 0.5) is 13.2 Å². The highest BCUT2D eigenvalue weighted by Crippen LogP contribution is 2.31. The lowest BCUT2D eigenvalue weighted by atomic mass is 9.84. The van der Waals surface area contributed by atoms with E-state index in [9.17, 15) is 18.0 Å². The second-order valence-corrected chi connectivity index (χ2v) is 6.97. The zero-order chi connectivity index (χ0) is 19.6. The molecule has 1 aliphatic rings. The highest BCUT2D eigenvalue weighted by atomic mass is 19.4. The molecule has 1 aliphatic carbocycles. The molecule has 1 amide bonds. The van der Waals surface area contributed by atoms with Gasteiger partial charge in [0.05, 0.1) is 0 Å². The number of amides is 1. The molecule has 27 heavy (non-hydrogen) atoms. The maximum absolute atomic E-state index is 12.7. The van der Waals surface area contributed by atoms with E-state index >= 15 is 0 Å². The van der Waals surface area contributed by atoms with Gasteiger partial charge in [-0.2, -0.15) is 18.2 Å². The van der Waals surface area contributed by atoms with Gasteiger partial charge < -0.3 is 9.42 Å². The summed E-state index contributed by atoms with van der Waals surface area (Å²) in [7, 11) is 0. The first kappa shape index (κ1) is 19.4. The lowest BCUT2D eigenvalue weighted by Gasteiger charge is -2.35. The summed E-state index contributed by atoms with van der Waals surface area (Å²) in [5.74, 6) is -1.17. The van der Waals surface area contributed by atoms with Crippen LogP contribution in [0.1, 0.15) is 51.0 Å². The van der Waals surface area contributed by atoms with Crippen molar-refractivity contribution in [2.75, 3.05) is 0 Å². The molecular weight excluding hydrogens is 359 g/mol. The van der Waals surface area contributed by atoms with E-state index in [1.807, 2.05) is 18.7 Å². The van der Waals surface area contributed by atoms with Crippen LogP contribution in [0.3, 0.4) is 0 Å². The summed E-state index contributed by atoms with van der Waals surface area (Å²) < 4.78 is 42.0. The van der Waals surface area contributed by atoms with E-state index < -0.39 is 12.1 Å². The molecule has 1 aromatic carbocycles. The fourth-order valence-corrected chi connectivity index (χ4v) is 2.97. The van der Waals surface area contributed by atoms with E-state index in [2.05, 4.69) is 14.7 Å². The molecule has 5 nitrogen and oxygen atoms in total. The molecule has 0 radical (unpaired) electrons. The van der Waals surface area contributed by atoms with E-state index in [0.29, 0.717) is 12.1 Å². The first-order valence-electron chi connectivity index (χ1n) is 9.10. The van der Waals surface area contributed by atoms with Gasteiger partial charge in [-0.1, -0.05) is 42.8 Å². The number of alkyl halides is 3. The average Bonchev–Trinajstić information content (AvgIpc) is 3.08. The van der Waals surface area contributed by atoms with Crippen LogP contribution < -0.4 is 0 Å². The van der Waals surface area contributed by atoms with Crippen LogP contribution in [-0.4, -0.2) is 27.0 Å². The Morgan fingerprint density at radius 3 is 2.44 bits per heavy atom. The van der Waals surface area contributed by atoms with Crippen molar-refractivity contribution in [1.82, 2.24) is 15.0 Å². The van der Waals surface area contributed by atoms with Gasteiger partial charge in [0.25, 0.3) is 0 Å². The number of benzene rings is 1. The molecule has 1 atom stereocenters. The van der Waals surface area contributed by atoms with Gasteiger partial charge in [0, 0.05) is 24.1 Å². The van der Waals surface area contributed by atoms with Crippen LogP contribution in [0.25, 0.3) is 11.4 Å². The predicted molar refractivity (Wildman–Crippen MR) is 92.4 cm³/mol. The molecule has 0 N–H and O–H groups in total. The van der Waals surface area contributed by atoms with Crippen molar-refractivity contribution < 1.29 is 22.5 Å². The number of hydrogen-bond acceptors (Lipinski definition) is 4. The molecule has 1 aromatic heterocycles. The highest BCUT2D eigenvalue weighted by molar-refractivity contribution is 5.80. The predicted octanol–water partition coefficient (Wildman–Crippen LogP) is 4.68. The molecule has 146 valence electrons. The third-order valence-corrected chi connectivity index (χ3v) is 5.09.